The second kappa shape index (κ2) is 11.0. The highest BCUT2D eigenvalue weighted by atomic mass is 32.2. The fraction of sp³-hybridized carbons (Fsp3) is 0.481. The van der Waals surface area contributed by atoms with Crippen molar-refractivity contribution in [3.63, 3.8) is 0 Å². The van der Waals surface area contributed by atoms with Crippen LogP contribution in [0.3, 0.4) is 0 Å². The summed E-state index contributed by atoms with van der Waals surface area (Å²) in [5.41, 5.74) is 2.34. The molecule has 32 heavy (non-hydrogen) atoms. The SMILES string of the molecule is CC(=O)Nc1ccc(S[C@@H](CCN2CC[C@H](C(C)(C)C)CCC2=O)c2ccccc2)cc1. The molecule has 2 aromatic rings. The van der Waals surface area contributed by atoms with Crippen molar-refractivity contribution in [2.45, 2.75) is 63.5 Å². The lowest BCUT2D eigenvalue weighted by Crippen LogP contribution is -2.32. The monoisotopic (exact) mass is 452 g/mol. The number of thioether (sulfide) groups is 1. The van der Waals surface area contributed by atoms with Crippen molar-refractivity contribution in [2.75, 3.05) is 18.4 Å². The molecule has 1 fully saturated rings. The molecule has 1 saturated heterocycles. The predicted molar refractivity (Wildman–Crippen MR) is 134 cm³/mol. The van der Waals surface area contributed by atoms with E-state index in [0.29, 0.717) is 18.2 Å². The molecule has 0 aromatic heterocycles. The third kappa shape index (κ3) is 7.13. The Labute approximate surface area is 197 Å². The average molecular weight is 453 g/mol. The van der Waals surface area contributed by atoms with E-state index in [9.17, 15) is 9.59 Å². The number of hydrogen-bond acceptors (Lipinski definition) is 3. The van der Waals surface area contributed by atoms with Gasteiger partial charge in [-0.05, 0) is 60.4 Å². The van der Waals surface area contributed by atoms with E-state index in [-0.39, 0.29) is 16.6 Å². The maximum absolute atomic E-state index is 12.8. The molecule has 1 aliphatic rings. The Hall–Kier alpha value is -2.27. The molecule has 2 atom stereocenters. The van der Waals surface area contributed by atoms with Gasteiger partial charge in [-0.2, -0.15) is 0 Å². The number of nitrogens with zero attached hydrogens (tertiary/aromatic N) is 1. The van der Waals surface area contributed by atoms with E-state index >= 15 is 0 Å². The third-order valence-electron chi connectivity index (χ3n) is 6.32. The van der Waals surface area contributed by atoms with Crippen molar-refractivity contribution in [3.05, 3.63) is 60.2 Å². The van der Waals surface area contributed by atoms with Gasteiger partial charge < -0.3 is 10.2 Å². The summed E-state index contributed by atoms with van der Waals surface area (Å²) < 4.78 is 0. The van der Waals surface area contributed by atoms with Crippen LogP contribution < -0.4 is 5.32 Å². The summed E-state index contributed by atoms with van der Waals surface area (Å²) in [5.74, 6) is 0.828. The Bertz CT molecular complexity index is 890. The summed E-state index contributed by atoms with van der Waals surface area (Å²) in [5, 5.41) is 3.08. The maximum atomic E-state index is 12.8. The molecule has 0 saturated carbocycles. The molecule has 0 radical (unpaired) electrons. The van der Waals surface area contributed by atoms with Gasteiger partial charge in [0.25, 0.3) is 0 Å². The smallest absolute Gasteiger partial charge is 0.222 e. The zero-order valence-electron chi connectivity index (χ0n) is 19.8. The van der Waals surface area contributed by atoms with E-state index < -0.39 is 0 Å². The number of rotatable bonds is 7. The molecule has 1 N–H and O–H groups in total. The molecule has 0 spiro atoms. The number of likely N-dealkylation sites (tertiary alicyclic amines) is 1. The lowest BCUT2D eigenvalue weighted by atomic mass is 9.77. The Morgan fingerprint density at radius 1 is 1.09 bits per heavy atom. The number of amides is 2. The quantitative estimate of drug-likeness (QED) is 0.485. The van der Waals surface area contributed by atoms with Gasteiger partial charge in [0, 0.05) is 42.3 Å². The van der Waals surface area contributed by atoms with E-state index in [0.717, 1.165) is 42.9 Å². The third-order valence-corrected chi connectivity index (χ3v) is 7.65. The molecule has 2 amide bonds. The fourth-order valence-electron chi connectivity index (χ4n) is 4.36. The van der Waals surface area contributed by atoms with Crippen LogP contribution in [0.2, 0.25) is 0 Å². The number of carbonyl (C=O) groups is 2. The van der Waals surface area contributed by atoms with Crippen LogP contribution in [-0.2, 0) is 9.59 Å². The Morgan fingerprint density at radius 3 is 2.41 bits per heavy atom. The zero-order valence-corrected chi connectivity index (χ0v) is 20.6. The van der Waals surface area contributed by atoms with Crippen LogP contribution in [0.4, 0.5) is 5.69 Å². The molecule has 0 aliphatic carbocycles. The molecule has 2 aromatic carbocycles. The molecule has 3 rings (SSSR count). The number of nitrogens with one attached hydrogen (secondary N) is 1. The highest BCUT2D eigenvalue weighted by molar-refractivity contribution is 7.99. The van der Waals surface area contributed by atoms with E-state index in [4.69, 9.17) is 0 Å². The van der Waals surface area contributed by atoms with Crippen LogP contribution in [0, 0.1) is 11.3 Å². The normalized spacial score (nSPS) is 18.2. The van der Waals surface area contributed by atoms with Crippen LogP contribution >= 0.6 is 11.8 Å². The van der Waals surface area contributed by atoms with Gasteiger partial charge in [0.2, 0.25) is 11.8 Å². The van der Waals surface area contributed by atoms with Crippen LogP contribution in [0.1, 0.15) is 64.2 Å². The first-order valence-corrected chi connectivity index (χ1v) is 12.5. The summed E-state index contributed by atoms with van der Waals surface area (Å²) in [6, 6.07) is 18.5. The van der Waals surface area contributed by atoms with Crippen molar-refractivity contribution >= 4 is 29.3 Å². The van der Waals surface area contributed by atoms with Crippen LogP contribution in [0.5, 0.6) is 0 Å². The maximum Gasteiger partial charge on any atom is 0.222 e. The fourth-order valence-corrected chi connectivity index (χ4v) is 5.50. The summed E-state index contributed by atoms with van der Waals surface area (Å²) >= 11 is 1.82. The highest BCUT2D eigenvalue weighted by Gasteiger charge is 2.30. The summed E-state index contributed by atoms with van der Waals surface area (Å²) in [6.07, 6.45) is 3.66. The summed E-state index contributed by atoms with van der Waals surface area (Å²) in [6.45, 7) is 10.0. The first-order valence-electron chi connectivity index (χ1n) is 11.6. The van der Waals surface area contributed by atoms with Gasteiger partial charge in [-0.25, -0.2) is 0 Å². The van der Waals surface area contributed by atoms with Crippen molar-refractivity contribution in [1.29, 1.82) is 0 Å². The minimum atomic E-state index is -0.0663. The van der Waals surface area contributed by atoms with Crippen molar-refractivity contribution in [1.82, 2.24) is 4.90 Å². The van der Waals surface area contributed by atoms with Crippen molar-refractivity contribution in [2.24, 2.45) is 11.3 Å². The minimum Gasteiger partial charge on any atom is -0.343 e. The first kappa shape index (κ1) is 24.4. The summed E-state index contributed by atoms with van der Waals surface area (Å²) in [7, 11) is 0. The van der Waals surface area contributed by atoms with Gasteiger partial charge >= 0.3 is 0 Å². The second-order valence-corrected chi connectivity index (χ2v) is 11.1. The van der Waals surface area contributed by atoms with Gasteiger partial charge in [-0.1, -0.05) is 51.1 Å². The van der Waals surface area contributed by atoms with Crippen LogP contribution in [-0.4, -0.2) is 29.8 Å². The van der Waals surface area contributed by atoms with Gasteiger partial charge in [0.05, 0.1) is 0 Å². The van der Waals surface area contributed by atoms with Gasteiger partial charge in [-0.3, -0.25) is 9.59 Å². The molecule has 1 heterocycles. The van der Waals surface area contributed by atoms with E-state index in [1.165, 1.54) is 12.5 Å². The number of hydrogen-bond donors (Lipinski definition) is 1. The van der Waals surface area contributed by atoms with Gasteiger partial charge in [0.1, 0.15) is 0 Å². The average Bonchev–Trinajstić information content (AvgIpc) is 2.94. The number of benzene rings is 2. The molecule has 0 unspecified atom stereocenters. The molecule has 0 bridgehead atoms. The second-order valence-electron chi connectivity index (χ2n) is 9.78. The first-order chi connectivity index (χ1) is 15.2. The van der Waals surface area contributed by atoms with Crippen molar-refractivity contribution < 1.29 is 9.59 Å². The lowest BCUT2D eigenvalue weighted by molar-refractivity contribution is -0.130. The Balaban J connectivity index is 1.67. The van der Waals surface area contributed by atoms with Crippen LogP contribution in [0.15, 0.2) is 59.5 Å². The van der Waals surface area contributed by atoms with Crippen LogP contribution in [0.25, 0.3) is 0 Å². The lowest BCUT2D eigenvalue weighted by Gasteiger charge is -2.30. The predicted octanol–water partition coefficient (Wildman–Crippen LogP) is 6.54. The zero-order chi connectivity index (χ0) is 23.1. The molecular weight excluding hydrogens is 416 g/mol. The number of carbonyl (C=O) groups excluding carboxylic acids is 2. The molecular formula is C27H36N2O2S. The summed E-state index contributed by atoms with van der Waals surface area (Å²) in [4.78, 5) is 27.3. The van der Waals surface area contributed by atoms with E-state index in [1.807, 2.05) is 30.0 Å². The van der Waals surface area contributed by atoms with Gasteiger partial charge in [-0.15, -0.1) is 11.8 Å². The molecule has 172 valence electrons. The number of anilines is 1. The minimum absolute atomic E-state index is 0.0663. The van der Waals surface area contributed by atoms with Gasteiger partial charge in [0.15, 0.2) is 0 Å². The largest absolute Gasteiger partial charge is 0.343 e. The molecule has 4 nitrogen and oxygen atoms in total. The standard InChI is InChI=1S/C27H36N2O2S/c1-20(30)28-23-11-13-24(14-12-23)32-25(21-8-6-5-7-9-21)17-19-29-18-16-22(27(2,3)4)10-15-26(29)31/h5-9,11-14,22,25H,10,15-19H2,1-4H3,(H,28,30)/t22-,25+/m1/s1. The Morgan fingerprint density at radius 2 is 1.78 bits per heavy atom. The topological polar surface area (TPSA) is 49.4 Å². The molecule has 1 aliphatic heterocycles. The van der Waals surface area contributed by atoms with Crippen molar-refractivity contribution in [3.8, 4) is 0 Å². The molecule has 5 heteroatoms. The Kier molecular flexibility index (Phi) is 8.41. The highest BCUT2D eigenvalue weighted by Crippen LogP contribution is 2.39. The van der Waals surface area contributed by atoms with E-state index in [2.05, 4.69) is 67.4 Å². The van der Waals surface area contributed by atoms with E-state index in [1.54, 1.807) is 0 Å².